The van der Waals surface area contributed by atoms with Gasteiger partial charge in [-0.3, -0.25) is 0 Å². The molecule has 2 N–H and O–H groups in total. The van der Waals surface area contributed by atoms with Crippen LogP contribution in [0.25, 0.3) is 0 Å². The minimum absolute atomic E-state index is 0.0169. The second-order valence-electron chi connectivity index (χ2n) is 8.69. The fraction of sp³-hybridized carbons (Fsp3) is 0.346. The zero-order valence-corrected chi connectivity index (χ0v) is 22.3. The largest absolute Gasteiger partial charge is 0.505 e. The zero-order chi connectivity index (χ0) is 27.8. The number of aryl methyl sites for hydroxylation is 1. The fourth-order valence-electron chi connectivity index (χ4n) is 3.11. The van der Waals surface area contributed by atoms with Crippen molar-refractivity contribution >= 4 is 40.4 Å². The predicted octanol–water partition coefficient (Wildman–Crippen LogP) is 5.64. The number of amides is 2. The van der Waals surface area contributed by atoms with Gasteiger partial charge in [-0.1, -0.05) is 6.92 Å². The van der Waals surface area contributed by atoms with Crippen LogP contribution in [0.4, 0.5) is 19.7 Å². The van der Waals surface area contributed by atoms with Crippen LogP contribution < -0.4 is 5.32 Å². The van der Waals surface area contributed by atoms with E-state index in [1.54, 1.807) is 33.1 Å². The number of carbonyl (C=O) groups is 2. The van der Waals surface area contributed by atoms with Crippen LogP contribution in [0.3, 0.4) is 0 Å². The normalized spacial score (nSPS) is 12.1. The van der Waals surface area contributed by atoms with Gasteiger partial charge in [-0.15, -0.1) is 11.8 Å². The SMILES string of the molecule is CCc1cc(O)c(F)c(C(=Nc2ccc(C#N)c(CNC(=O)OC(C)(C)C)c2)/C(=N/C(=O)OC)SC)c1. The van der Waals surface area contributed by atoms with E-state index in [1.807, 2.05) is 6.92 Å². The molecule has 0 bridgehead atoms. The van der Waals surface area contributed by atoms with Crippen LogP contribution in [0, 0.1) is 17.1 Å². The molecule has 0 aromatic heterocycles. The molecule has 0 atom stereocenters. The number of methoxy groups -OCH3 is 1. The van der Waals surface area contributed by atoms with Crippen molar-refractivity contribution in [3.63, 3.8) is 0 Å². The van der Waals surface area contributed by atoms with Gasteiger partial charge in [0.25, 0.3) is 0 Å². The average Bonchev–Trinajstić information content (AvgIpc) is 2.85. The van der Waals surface area contributed by atoms with E-state index in [0.717, 1.165) is 18.9 Å². The standard InChI is InChI=1S/C26H29FN4O5S/c1-7-15-10-19(21(27)20(32)11-15)22(23(37-6)31-25(34)35-5)30-18-9-8-16(13-28)17(12-18)14-29-24(33)36-26(2,3)4/h8-12,32H,7,14H2,1-6H3,(H,29,33)/b30-22?,31-23-. The summed E-state index contributed by atoms with van der Waals surface area (Å²) in [4.78, 5) is 32.4. The van der Waals surface area contributed by atoms with Gasteiger partial charge in [0.2, 0.25) is 0 Å². The van der Waals surface area contributed by atoms with E-state index in [4.69, 9.17) is 4.74 Å². The van der Waals surface area contributed by atoms with Crippen molar-refractivity contribution in [2.75, 3.05) is 13.4 Å². The zero-order valence-electron chi connectivity index (χ0n) is 21.5. The summed E-state index contributed by atoms with van der Waals surface area (Å²) in [6.45, 7) is 7.01. The van der Waals surface area contributed by atoms with E-state index in [0.29, 0.717) is 28.8 Å². The second-order valence-corrected chi connectivity index (χ2v) is 9.49. The Morgan fingerprint density at radius 3 is 2.51 bits per heavy atom. The van der Waals surface area contributed by atoms with Crippen LogP contribution in [0.15, 0.2) is 40.3 Å². The number of aliphatic imine (C=N–C) groups is 2. The lowest BCUT2D eigenvalue weighted by Crippen LogP contribution is -2.32. The Morgan fingerprint density at radius 1 is 1.24 bits per heavy atom. The molecule has 0 radical (unpaired) electrons. The smallest absolute Gasteiger partial charge is 0.434 e. The summed E-state index contributed by atoms with van der Waals surface area (Å²) in [5.74, 6) is -1.49. The molecule has 0 saturated heterocycles. The Hall–Kier alpha value is -3.91. The number of nitriles is 1. The van der Waals surface area contributed by atoms with Crippen molar-refractivity contribution in [2.45, 2.75) is 46.3 Å². The maximum absolute atomic E-state index is 15.1. The molecule has 0 aliphatic rings. The van der Waals surface area contributed by atoms with Gasteiger partial charge in [0.1, 0.15) is 16.4 Å². The van der Waals surface area contributed by atoms with Gasteiger partial charge in [-0.05, 0) is 74.9 Å². The summed E-state index contributed by atoms with van der Waals surface area (Å²) >= 11 is 1.04. The van der Waals surface area contributed by atoms with Crippen molar-refractivity contribution in [3.8, 4) is 11.8 Å². The fourth-order valence-corrected chi connectivity index (χ4v) is 3.62. The van der Waals surface area contributed by atoms with Crippen molar-refractivity contribution < 1.29 is 28.6 Å². The van der Waals surface area contributed by atoms with E-state index >= 15 is 4.39 Å². The molecular formula is C26H29FN4O5S. The third-order valence-corrected chi connectivity index (χ3v) is 5.48. The minimum Gasteiger partial charge on any atom is -0.505 e. The first-order chi connectivity index (χ1) is 17.4. The number of aromatic hydroxyl groups is 1. The number of benzene rings is 2. The van der Waals surface area contributed by atoms with E-state index in [9.17, 15) is 20.0 Å². The number of rotatable bonds is 6. The van der Waals surface area contributed by atoms with Gasteiger partial charge < -0.3 is 19.9 Å². The molecule has 196 valence electrons. The molecule has 2 rings (SSSR count). The van der Waals surface area contributed by atoms with Gasteiger partial charge >= 0.3 is 12.2 Å². The van der Waals surface area contributed by atoms with Crippen LogP contribution >= 0.6 is 11.8 Å². The highest BCUT2D eigenvalue weighted by atomic mass is 32.2. The lowest BCUT2D eigenvalue weighted by atomic mass is 10.0. The van der Waals surface area contributed by atoms with Gasteiger partial charge in [0.05, 0.1) is 24.4 Å². The first kappa shape index (κ1) is 29.3. The van der Waals surface area contributed by atoms with Crippen molar-refractivity contribution in [2.24, 2.45) is 9.98 Å². The highest BCUT2D eigenvalue weighted by Crippen LogP contribution is 2.27. The van der Waals surface area contributed by atoms with E-state index < -0.39 is 29.4 Å². The Morgan fingerprint density at radius 2 is 1.95 bits per heavy atom. The number of hydrogen-bond donors (Lipinski definition) is 2. The third-order valence-electron chi connectivity index (χ3n) is 4.81. The molecule has 0 heterocycles. The maximum Gasteiger partial charge on any atom is 0.434 e. The average molecular weight is 529 g/mol. The molecular weight excluding hydrogens is 499 g/mol. The van der Waals surface area contributed by atoms with Crippen LogP contribution in [-0.2, 0) is 22.4 Å². The maximum atomic E-state index is 15.1. The number of nitrogens with zero attached hydrogens (tertiary/aromatic N) is 3. The number of halogens is 1. The summed E-state index contributed by atoms with van der Waals surface area (Å²) in [7, 11) is 1.16. The van der Waals surface area contributed by atoms with Crippen molar-refractivity contribution in [3.05, 3.63) is 58.4 Å². The van der Waals surface area contributed by atoms with E-state index in [-0.39, 0.29) is 22.9 Å². The Labute approximate surface area is 219 Å². The Bertz CT molecular complexity index is 1280. The topological polar surface area (TPSA) is 133 Å². The van der Waals surface area contributed by atoms with Crippen molar-refractivity contribution in [1.29, 1.82) is 5.26 Å². The molecule has 0 aliphatic heterocycles. The summed E-state index contributed by atoms with van der Waals surface area (Å²) in [5, 5.41) is 22.3. The van der Waals surface area contributed by atoms with Crippen LogP contribution in [-0.4, -0.2) is 47.0 Å². The molecule has 0 saturated carbocycles. The highest BCUT2D eigenvalue weighted by molar-refractivity contribution is 8.15. The molecule has 0 fully saturated rings. The molecule has 2 aromatic rings. The number of carbonyl (C=O) groups excluding carboxylic acids is 2. The van der Waals surface area contributed by atoms with Crippen molar-refractivity contribution in [1.82, 2.24) is 5.32 Å². The molecule has 9 nitrogen and oxygen atoms in total. The number of alkyl carbamates (subject to hydrolysis) is 1. The van der Waals surface area contributed by atoms with Crippen LogP contribution in [0.5, 0.6) is 5.75 Å². The number of hydrogen-bond acceptors (Lipinski definition) is 8. The monoisotopic (exact) mass is 528 g/mol. The minimum atomic E-state index is -0.928. The molecule has 0 aliphatic carbocycles. The lowest BCUT2D eigenvalue weighted by Gasteiger charge is -2.19. The number of nitrogens with one attached hydrogen (secondary N) is 1. The summed E-state index contributed by atoms with van der Waals surface area (Å²) in [6.07, 6.45) is 0.576. The van der Waals surface area contributed by atoms with Gasteiger partial charge in [0.15, 0.2) is 11.6 Å². The summed E-state index contributed by atoms with van der Waals surface area (Å²) in [6, 6.07) is 9.48. The Balaban J connectivity index is 2.65. The molecule has 11 heteroatoms. The van der Waals surface area contributed by atoms with Gasteiger partial charge in [0, 0.05) is 12.1 Å². The first-order valence-electron chi connectivity index (χ1n) is 11.2. The number of ether oxygens (including phenoxy) is 2. The molecule has 2 aromatic carbocycles. The van der Waals surface area contributed by atoms with E-state index in [1.165, 1.54) is 24.3 Å². The third kappa shape index (κ3) is 8.32. The lowest BCUT2D eigenvalue weighted by molar-refractivity contribution is 0.0523. The van der Waals surface area contributed by atoms with Crippen LogP contribution in [0.2, 0.25) is 0 Å². The Kier molecular flexibility index (Phi) is 10.2. The number of phenolic OH excluding ortho intramolecular Hbond substituents is 1. The number of thioether (sulfide) groups is 1. The molecule has 0 unspecified atom stereocenters. The highest BCUT2D eigenvalue weighted by Gasteiger charge is 2.21. The molecule has 0 spiro atoms. The number of phenols is 1. The van der Waals surface area contributed by atoms with Gasteiger partial charge in [-0.2, -0.15) is 10.3 Å². The van der Waals surface area contributed by atoms with E-state index in [2.05, 4.69) is 26.1 Å². The predicted molar refractivity (Wildman–Crippen MR) is 141 cm³/mol. The van der Waals surface area contributed by atoms with Crippen LogP contribution in [0.1, 0.15) is 49.9 Å². The molecule has 37 heavy (non-hydrogen) atoms. The first-order valence-corrected chi connectivity index (χ1v) is 12.5. The quantitative estimate of drug-likeness (QED) is 0.366. The molecule has 2 amide bonds. The van der Waals surface area contributed by atoms with Gasteiger partial charge in [-0.25, -0.2) is 19.0 Å². The second kappa shape index (κ2) is 12.9. The summed E-state index contributed by atoms with van der Waals surface area (Å²) < 4.78 is 25.0. The summed E-state index contributed by atoms with van der Waals surface area (Å²) in [5.41, 5.74) is 0.892.